The molecule has 0 saturated heterocycles. The number of alkyl halides is 6. The van der Waals surface area contributed by atoms with Crippen molar-refractivity contribution in [1.29, 1.82) is 0 Å². The van der Waals surface area contributed by atoms with Gasteiger partial charge in [-0.25, -0.2) is 0 Å². The first-order valence-corrected chi connectivity index (χ1v) is 14.0. The van der Waals surface area contributed by atoms with Crippen molar-refractivity contribution in [3.8, 4) is 0 Å². The van der Waals surface area contributed by atoms with Crippen LogP contribution >= 0.6 is 0 Å². The zero-order valence-electron chi connectivity index (χ0n) is 21.0. The Balaban J connectivity index is 0.000000371. The largest absolute Gasteiger partial charge is 0.483 e. The third-order valence-electron chi connectivity index (χ3n) is 4.53. The van der Waals surface area contributed by atoms with Crippen molar-refractivity contribution in [2.45, 2.75) is 39.1 Å². The van der Waals surface area contributed by atoms with Gasteiger partial charge in [-0.1, -0.05) is 36.4 Å². The van der Waals surface area contributed by atoms with E-state index >= 15 is 0 Å². The van der Waals surface area contributed by atoms with Gasteiger partial charge in [-0.15, -0.1) is 0 Å². The van der Waals surface area contributed by atoms with Crippen LogP contribution in [0.5, 0.6) is 0 Å². The Labute approximate surface area is 216 Å². The first-order chi connectivity index (χ1) is 17.4. The first kappa shape index (κ1) is 33.2. The highest BCUT2D eigenvalue weighted by molar-refractivity contribution is 6.46. The van der Waals surface area contributed by atoms with Gasteiger partial charge in [-0.2, -0.15) is 26.3 Å². The van der Waals surface area contributed by atoms with Gasteiger partial charge in [0.1, 0.15) is 0 Å². The number of rotatable bonds is 13. The van der Waals surface area contributed by atoms with Crippen LogP contribution in [0, 0.1) is 0 Å². The van der Waals surface area contributed by atoms with Gasteiger partial charge in [0, 0.05) is 34.0 Å². The zero-order valence-corrected chi connectivity index (χ0v) is 23.6. The van der Waals surface area contributed by atoms with Gasteiger partial charge in [0.15, 0.2) is 9.76 Å². The third-order valence-corrected chi connectivity index (χ3v) is 7.02. The minimum Gasteiger partial charge on any atom is -0.379 e. The van der Waals surface area contributed by atoms with Crippen molar-refractivity contribution in [3.63, 3.8) is 0 Å². The molecule has 14 heteroatoms. The van der Waals surface area contributed by atoms with Gasteiger partial charge in [0.2, 0.25) is 0 Å². The summed E-state index contributed by atoms with van der Waals surface area (Å²) in [5.41, 5.74) is -0.734. The number of ether oxygens (including phenoxy) is 2. The third kappa shape index (κ3) is 13.5. The van der Waals surface area contributed by atoms with E-state index in [2.05, 4.69) is 0 Å². The van der Waals surface area contributed by atoms with E-state index in [9.17, 15) is 26.3 Å². The van der Waals surface area contributed by atoms with Crippen molar-refractivity contribution < 1.29 is 53.5 Å². The van der Waals surface area contributed by atoms with Gasteiger partial charge >= 0.3 is 21.9 Å². The summed E-state index contributed by atoms with van der Waals surface area (Å²) < 4.78 is 106. The van der Waals surface area contributed by atoms with E-state index < -0.39 is 49.2 Å². The molecule has 0 atom stereocenters. The molecule has 0 aliphatic heterocycles. The molecule has 2 rings (SSSR count). The summed E-state index contributed by atoms with van der Waals surface area (Å²) in [6.07, 6.45) is -8.25. The highest BCUT2D eigenvalue weighted by Gasteiger charge is 2.31. The van der Waals surface area contributed by atoms with E-state index in [1.54, 1.807) is 26.0 Å². The fraction of sp³-hybridized carbons (Fsp3) is 0.478. The average Bonchev–Trinajstić information content (AvgIpc) is 2.85. The molecule has 0 aromatic heterocycles. The van der Waals surface area contributed by atoms with Gasteiger partial charge in [0.25, 0.3) is 6.48 Å². The maximum absolute atomic E-state index is 12.5. The maximum atomic E-state index is 12.5. The van der Waals surface area contributed by atoms with E-state index in [-0.39, 0.29) is 6.61 Å². The molecule has 0 fully saturated rings. The second-order valence-electron chi connectivity index (χ2n) is 7.29. The molecule has 0 aliphatic rings. The van der Waals surface area contributed by atoms with Gasteiger partial charge in [-0.3, -0.25) is 0 Å². The molecule has 0 amide bonds. The molecule has 0 unspecified atom stereocenters. The van der Waals surface area contributed by atoms with Crippen molar-refractivity contribution in [2.24, 2.45) is 0 Å². The molecule has 6 nitrogen and oxygen atoms in total. The predicted molar refractivity (Wildman–Crippen MR) is 130 cm³/mol. The van der Waals surface area contributed by atoms with Gasteiger partial charge in [0.05, 0.1) is 11.1 Å². The summed E-state index contributed by atoms with van der Waals surface area (Å²) in [6, 6.07) is 10.4. The maximum Gasteiger partial charge on any atom is 0.483 e. The summed E-state index contributed by atoms with van der Waals surface area (Å²) in [5.74, 6) is 0. The SMILES string of the molecule is CCOC(OCC)O[SiH2]c1cccc(C(F)(F)F)c1.CO[SiH](OC)OCCc1cccc(C(F)(F)F)c1. The molecule has 0 N–H and O–H groups in total. The summed E-state index contributed by atoms with van der Waals surface area (Å²) in [7, 11) is -0.477. The van der Waals surface area contributed by atoms with Crippen LogP contribution in [0.25, 0.3) is 0 Å². The average molecular weight is 575 g/mol. The lowest BCUT2D eigenvalue weighted by molar-refractivity contribution is -0.242. The van der Waals surface area contributed by atoms with Crippen molar-refractivity contribution >= 4 is 24.5 Å². The molecular formula is C23H32F6O6Si2. The van der Waals surface area contributed by atoms with E-state index in [0.29, 0.717) is 30.4 Å². The van der Waals surface area contributed by atoms with Crippen LogP contribution in [0.3, 0.4) is 0 Å². The molecule has 2 aromatic carbocycles. The van der Waals surface area contributed by atoms with Gasteiger partial charge < -0.3 is 27.2 Å². The number of benzene rings is 2. The molecule has 2 aromatic rings. The molecule has 0 heterocycles. The minimum atomic E-state index is -4.33. The first-order valence-electron chi connectivity index (χ1n) is 11.3. The van der Waals surface area contributed by atoms with Crippen LogP contribution in [0.4, 0.5) is 26.3 Å². The molecular weight excluding hydrogens is 542 g/mol. The van der Waals surface area contributed by atoms with E-state index in [1.165, 1.54) is 26.4 Å². The lowest BCUT2D eigenvalue weighted by Crippen LogP contribution is -2.29. The molecule has 210 valence electrons. The van der Waals surface area contributed by atoms with Crippen molar-refractivity contribution in [3.05, 3.63) is 65.2 Å². The smallest absolute Gasteiger partial charge is 0.379 e. The van der Waals surface area contributed by atoms with Crippen LogP contribution in [0.15, 0.2) is 48.5 Å². The lowest BCUT2D eigenvalue weighted by atomic mass is 10.1. The lowest BCUT2D eigenvalue weighted by Gasteiger charge is -2.17. The predicted octanol–water partition coefficient (Wildman–Crippen LogP) is 4.06. The second kappa shape index (κ2) is 16.9. The number of hydrogen-bond donors (Lipinski definition) is 0. The molecule has 0 spiro atoms. The Hall–Kier alpha value is -1.79. The number of halogens is 6. The zero-order chi connectivity index (χ0) is 27.9. The minimum absolute atomic E-state index is 0.278. The van der Waals surface area contributed by atoms with E-state index in [0.717, 1.165) is 24.3 Å². The fourth-order valence-electron chi connectivity index (χ4n) is 2.83. The highest BCUT2D eigenvalue weighted by Crippen LogP contribution is 2.30. The number of hydrogen-bond acceptors (Lipinski definition) is 6. The second-order valence-corrected chi connectivity index (χ2v) is 10.6. The van der Waals surface area contributed by atoms with Crippen LogP contribution < -0.4 is 5.19 Å². The Kier molecular flexibility index (Phi) is 15.2. The topological polar surface area (TPSA) is 55.4 Å². The Morgan fingerprint density at radius 1 is 0.811 bits per heavy atom. The van der Waals surface area contributed by atoms with Crippen LogP contribution in [-0.4, -0.2) is 59.8 Å². The Morgan fingerprint density at radius 2 is 1.35 bits per heavy atom. The Bertz CT molecular complexity index is 891. The molecule has 0 aliphatic carbocycles. The van der Waals surface area contributed by atoms with Crippen LogP contribution in [0.2, 0.25) is 0 Å². The Morgan fingerprint density at radius 3 is 1.86 bits per heavy atom. The van der Waals surface area contributed by atoms with E-state index in [4.69, 9.17) is 27.2 Å². The summed E-state index contributed by atoms with van der Waals surface area (Å²) in [4.78, 5) is 0. The molecule has 0 saturated carbocycles. The molecule has 37 heavy (non-hydrogen) atoms. The molecule has 0 radical (unpaired) electrons. The normalized spacial score (nSPS) is 12.4. The summed E-state index contributed by atoms with van der Waals surface area (Å²) in [6.45, 7) is 3.90. The monoisotopic (exact) mass is 574 g/mol. The molecule has 0 bridgehead atoms. The van der Waals surface area contributed by atoms with E-state index in [1.807, 2.05) is 0 Å². The summed E-state index contributed by atoms with van der Waals surface area (Å²) in [5, 5.41) is 0.555. The summed E-state index contributed by atoms with van der Waals surface area (Å²) >= 11 is 0. The standard InChI is InChI=1S/C12H17F3O3Si.C11H15F3O3Si/c1-3-16-11(17-4-2)18-19-10-7-5-6-9(8-10)12(13,14)15;1-15-18(16-2)17-7-6-9-4-3-5-10(8-9)11(12,13)14/h5-8,11H,3-4,19H2,1-2H3;3-5,8,18H,6-7H2,1-2H3. The van der Waals surface area contributed by atoms with Gasteiger partial charge in [-0.05, 0) is 43.2 Å². The quantitative estimate of drug-likeness (QED) is 0.204. The van der Waals surface area contributed by atoms with Crippen molar-refractivity contribution in [2.75, 3.05) is 34.0 Å². The van der Waals surface area contributed by atoms with Crippen LogP contribution in [-0.2, 0) is 46.0 Å². The van der Waals surface area contributed by atoms with Crippen molar-refractivity contribution in [1.82, 2.24) is 0 Å². The van der Waals surface area contributed by atoms with Crippen LogP contribution in [0.1, 0.15) is 30.5 Å². The highest BCUT2D eigenvalue weighted by atomic mass is 28.3. The fourth-order valence-corrected chi connectivity index (χ4v) is 4.66.